The Morgan fingerprint density at radius 2 is 1.91 bits per heavy atom. The number of nitrogens with two attached hydrogens (primary N) is 1. The minimum Gasteiger partial charge on any atom is -0.369 e. The third-order valence-corrected chi connectivity index (χ3v) is 5.11. The summed E-state index contributed by atoms with van der Waals surface area (Å²) in [4.78, 5) is 27.9. The number of hydrogen-bond donors (Lipinski definition) is 2. The highest BCUT2D eigenvalue weighted by Crippen LogP contribution is 2.28. The van der Waals surface area contributed by atoms with E-state index in [0.29, 0.717) is 15.7 Å². The van der Waals surface area contributed by atoms with Crippen molar-refractivity contribution in [3.8, 4) is 0 Å². The lowest BCUT2D eigenvalue weighted by molar-refractivity contribution is -0.115. The van der Waals surface area contributed by atoms with Gasteiger partial charge in [0.1, 0.15) is 5.03 Å². The topological polar surface area (TPSA) is 85.1 Å². The zero-order valence-electron chi connectivity index (χ0n) is 12.0. The maximum Gasteiger partial charge on any atom is 0.234 e. The van der Waals surface area contributed by atoms with Gasteiger partial charge in [0.05, 0.1) is 22.2 Å². The standard InChI is InChI=1S/C15H14ClN3O2S2/c16-10-4-3-7-18-15(10)23-9-14(21)19-11-5-1-2-6-12(11)22-8-13(17)20/h1-7H,8-9H2,(H2,17,20)(H,19,21). The van der Waals surface area contributed by atoms with Crippen LogP contribution in [-0.4, -0.2) is 28.3 Å². The minimum atomic E-state index is -0.406. The molecule has 0 fully saturated rings. The molecule has 0 aliphatic carbocycles. The minimum absolute atomic E-state index is 0.158. The number of benzene rings is 1. The molecule has 23 heavy (non-hydrogen) atoms. The van der Waals surface area contributed by atoms with E-state index in [1.807, 2.05) is 18.2 Å². The summed E-state index contributed by atoms with van der Waals surface area (Å²) < 4.78 is 0. The summed E-state index contributed by atoms with van der Waals surface area (Å²) in [6, 6.07) is 10.7. The monoisotopic (exact) mass is 367 g/mol. The Bertz CT molecular complexity index is 713. The predicted octanol–water partition coefficient (Wildman–Crippen LogP) is 3.04. The quantitative estimate of drug-likeness (QED) is 0.734. The number of halogens is 1. The highest BCUT2D eigenvalue weighted by atomic mass is 35.5. The first-order chi connectivity index (χ1) is 11.1. The smallest absolute Gasteiger partial charge is 0.234 e. The van der Waals surface area contributed by atoms with Crippen molar-refractivity contribution >= 4 is 52.6 Å². The van der Waals surface area contributed by atoms with E-state index in [-0.39, 0.29) is 17.4 Å². The van der Waals surface area contributed by atoms with Crippen molar-refractivity contribution in [2.75, 3.05) is 16.8 Å². The van der Waals surface area contributed by atoms with E-state index in [0.717, 1.165) is 4.90 Å². The van der Waals surface area contributed by atoms with Gasteiger partial charge in [-0.2, -0.15) is 0 Å². The average Bonchev–Trinajstić information content (AvgIpc) is 2.53. The highest BCUT2D eigenvalue weighted by molar-refractivity contribution is 8.00. The highest BCUT2D eigenvalue weighted by Gasteiger charge is 2.10. The Labute approximate surface area is 147 Å². The number of aromatic nitrogens is 1. The molecule has 2 amide bonds. The fourth-order valence-corrected chi connectivity index (χ4v) is 3.36. The van der Waals surface area contributed by atoms with Gasteiger partial charge in [0.2, 0.25) is 11.8 Å². The molecule has 2 aromatic rings. The predicted molar refractivity (Wildman–Crippen MR) is 95.0 cm³/mol. The van der Waals surface area contributed by atoms with E-state index in [9.17, 15) is 9.59 Å². The Kier molecular flexibility index (Phi) is 6.76. The van der Waals surface area contributed by atoms with Gasteiger partial charge in [0.25, 0.3) is 0 Å². The summed E-state index contributed by atoms with van der Waals surface area (Å²) in [7, 11) is 0. The van der Waals surface area contributed by atoms with Crippen molar-refractivity contribution in [1.82, 2.24) is 4.98 Å². The molecule has 1 aromatic heterocycles. The summed E-state index contributed by atoms with van der Waals surface area (Å²) in [5, 5.41) is 3.95. The van der Waals surface area contributed by atoms with Crippen LogP contribution in [0.15, 0.2) is 52.5 Å². The van der Waals surface area contributed by atoms with Crippen molar-refractivity contribution in [3.05, 3.63) is 47.6 Å². The molecule has 0 aliphatic heterocycles. The summed E-state index contributed by atoms with van der Waals surface area (Å²) in [5.41, 5.74) is 5.80. The molecule has 3 N–H and O–H groups in total. The van der Waals surface area contributed by atoms with Gasteiger partial charge in [0.15, 0.2) is 0 Å². The van der Waals surface area contributed by atoms with Crippen molar-refractivity contribution in [2.45, 2.75) is 9.92 Å². The van der Waals surface area contributed by atoms with E-state index in [4.69, 9.17) is 17.3 Å². The number of para-hydroxylation sites is 1. The summed E-state index contributed by atoms with van der Waals surface area (Å²) in [5.74, 6) is -0.239. The van der Waals surface area contributed by atoms with Gasteiger partial charge in [0, 0.05) is 11.1 Å². The molecule has 0 aliphatic rings. The molecule has 0 saturated heterocycles. The SMILES string of the molecule is NC(=O)CSc1ccccc1NC(=O)CSc1ncccc1Cl. The normalized spacial score (nSPS) is 10.3. The number of anilines is 1. The third-order valence-electron chi connectivity index (χ3n) is 2.60. The summed E-state index contributed by atoms with van der Waals surface area (Å²) in [6.45, 7) is 0. The molecule has 0 saturated carbocycles. The van der Waals surface area contributed by atoms with Gasteiger partial charge >= 0.3 is 0 Å². The molecule has 0 spiro atoms. The molecule has 0 bridgehead atoms. The van der Waals surface area contributed by atoms with Gasteiger partial charge in [-0.05, 0) is 24.3 Å². The van der Waals surface area contributed by atoms with Gasteiger partial charge in [-0.15, -0.1) is 11.8 Å². The van der Waals surface area contributed by atoms with Crippen LogP contribution >= 0.6 is 35.1 Å². The zero-order chi connectivity index (χ0) is 16.7. The maximum absolute atomic E-state index is 12.1. The third kappa shape index (κ3) is 5.78. The second-order valence-corrected chi connectivity index (χ2v) is 6.77. The molecule has 0 atom stereocenters. The van der Waals surface area contributed by atoms with Crippen LogP contribution in [0, 0.1) is 0 Å². The first-order valence-corrected chi connectivity index (χ1v) is 8.94. The Hall–Kier alpha value is -1.70. The molecule has 0 radical (unpaired) electrons. The second kappa shape index (κ2) is 8.81. The number of pyridine rings is 1. The maximum atomic E-state index is 12.1. The average molecular weight is 368 g/mol. The zero-order valence-corrected chi connectivity index (χ0v) is 14.4. The van der Waals surface area contributed by atoms with Crippen LogP contribution in [0.3, 0.4) is 0 Å². The number of nitrogens with zero attached hydrogens (tertiary/aromatic N) is 1. The fourth-order valence-electron chi connectivity index (χ4n) is 1.64. The van der Waals surface area contributed by atoms with E-state index >= 15 is 0 Å². The fraction of sp³-hybridized carbons (Fsp3) is 0.133. The molecule has 2 rings (SSSR count). The summed E-state index contributed by atoms with van der Waals surface area (Å²) >= 11 is 8.55. The molecule has 120 valence electrons. The number of carbonyl (C=O) groups excluding carboxylic acids is 2. The number of nitrogens with one attached hydrogen (secondary N) is 1. The second-order valence-electron chi connectivity index (χ2n) is 4.38. The van der Waals surface area contributed by atoms with E-state index in [1.165, 1.54) is 23.5 Å². The van der Waals surface area contributed by atoms with Gasteiger partial charge in [-0.1, -0.05) is 35.5 Å². The molecule has 1 aromatic carbocycles. The number of thioether (sulfide) groups is 2. The van der Waals surface area contributed by atoms with Gasteiger partial charge in [-0.25, -0.2) is 4.98 Å². The van der Waals surface area contributed by atoms with Crippen LogP contribution in [-0.2, 0) is 9.59 Å². The van der Waals surface area contributed by atoms with Crippen LogP contribution in [0.4, 0.5) is 5.69 Å². The lowest BCUT2D eigenvalue weighted by atomic mass is 10.3. The van der Waals surface area contributed by atoms with Crippen molar-refractivity contribution in [2.24, 2.45) is 5.73 Å². The Morgan fingerprint density at radius 3 is 2.65 bits per heavy atom. The molecule has 0 unspecified atom stereocenters. The molecule has 8 heteroatoms. The molecule has 1 heterocycles. The number of carbonyl (C=O) groups is 2. The van der Waals surface area contributed by atoms with E-state index < -0.39 is 5.91 Å². The van der Waals surface area contributed by atoms with E-state index in [1.54, 1.807) is 24.4 Å². The lowest BCUT2D eigenvalue weighted by Crippen LogP contribution is -2.16. The first kappa shape index (κ1) is 17.7. The number of primary amides is 1. The van der Waals surface area contributed by atoms with Crippen LogP contribution in [0.2, 0.25) is 5.02 Å². The molecule has 5 nitrogen and oxygen atoms in total. The van der Waals surface area contributed by atoms with Crippen molar-refractivity contribution < 1.29 is 9.59 Å². The van der Waals surface area contributed by atoms with Crippen molar-refractivity contribution in [1.29, 1.82) is 0 Å². The number of rotatable bonds is 7. The lowest BCUT2D eigenvalue weighted by Gasteiger charge is -2.10. The Balaban J connectivity index is 1.95. The van der Waals surface area contributed by atoms with E-state index in [2.05, 4.69) is 10.3 Å². The van der Waals surface area contributed by atoms with Gasteiger partial charge in [-0.3, -0.25) is 9.59 Å². The number of hydrogen-bond acceptors (Lipinski definition) is 5. The van der Waals surface area contributed by atoms with Crippen LogP contribution in [0.1, 0.15) is 0 Å². The van der Waals surface area contributed by atoms with Crippen molar-refractivity contribution in [3.63, 3.8) is 0 Å². The van der Waals surface area contributed by atoms with Gasteiger partial charge < -0.3 is 11.1 Å². The van der Waals surface area contributed by atoms with Crippen LogP contribution in [0.25, 0.3) is 0 Å². The largest absolute Gasteiger partial charge is 0.369 e. The Morgan fingerprint density at radius 1 is 1.13 bits per heavy atom. The van der Waals surface area contributed by atoms with Crippen LogP contribution < -0.4 is 11.1 Å². The van der Waals surface area contributed by atoms with Crippen LogP contribution in [0.5, 0.6) is 0 Å². The summed E-state index contributed by atoms with van der Waals surface area (Å²) in [6.07, 6.45) is 1.63. The molecular weight excluding hydrogens is 354 g/mol. The number of amides is 2. The molecular formula is C15H14ClN3O2S2. The first-order valence-electron chi connectivity index (χ1n) is 6.59.